The molecule has 0 aliphatic carbocycles. The Morgan fingerprint density at radius 1 is 1.18 bits per heavy atom. The molecule has 0 unspecified atom stereocenters. The van der Waals surface area contributed by atoms with E-state index in [0.29, 0.717) is 29.7 Å². The Balaban J connectivity index is 1.30. The summed E-state index contributed by atoms with van der Waals surface area (Å²) in [6.45, 7) is 9.01. The molecule has 4 aromatic rings. The highest BCUT2D eigenvalue weighted by Crippen LogP contribution is 2.30. The molecule has 1 aromatic carbocycles. The lowest BCUT2D eigenvalue weighted by molar-refractivity contribution is -0.126. The maximum Gasteiger partial charge on any atom is 0.268 e. The van der Waals surface area contributed by atoms with Gasteiger partial charge in [-0.25, -0.2) is 9.97 Å². The number of fused-ring (bicyclic) bond motifs is 1. The first-order valence-electron chi connectivity index (χ1n) is 13.1. The number of amides is 2. The molecule has 0 bridgehead atoms. The molecular formula is C28H30N6O4S. The molecule has 2 aliphatic heterocycles. The van der Waals surface area contributed by atoms with Gasteiger partial charge in [0.15, 0.2) is 12.2 Å². The van der Waals surface area contributed by atoms with E-state index < -0.39 is 0 Å². The summed E-state index contributed by atoms with van der Waals surface area (Å²) in [4.78, 5) is 40.2. The number of anilines is 1. The fourth-order valence-corrected chi connectivity index (χ4v) is 6.16. The number of aromatic nitrogens is 3. The van der Waals surface area contributed by atoms with Crippen LogP contribution in [0, 0.1) is 0 Å². The van der Waals surface area contributed by atoms with E-state index in [9.17, 15) is 9.59 Å². The van der Waals surface area contributed by atoms with Gasteiger partial charge < -0.3 is 18.6 Å². The van der Waals surface area contributed by atoms with E-state index >= 15 is 0 Å². The second-order valence-electron chi connectivity index (χ2n) is 9.77. The van der Waals surface area contributed by atoms with Gasteiger partial charge in [-0.3, -0.25) is 19.8 Å². The molecule has 5 heterocycles. The predicted molar refractivity (Wildman–Crippen MR) is 149 cm³/mol. The van der Waals surface area contributed by atoms with Crippen LogP contribution in [0.25, 0.3) is 21.7 Å². The topological polar surface area (TPSA) is 106 Å². The molecule has 0 saturated carbocycles. The number of morpholine rings is 1. The Labute approximate surface area is 229 Å². The van der Waals surface area contributed by atoms with Crippen LogP contribution in [-0.2, 0) is 22.6 Å². The number of carbonyl (C=O) groups excluding carboxylic acids is 2. The molecule has 11 heteroatoms. The number of rotatable bonds is 8. The van der Waals surface area contributed by atoms with Crippen LogP contribution < -0.4 is 5.32 Å². The number of carbonyl (C=O) groups is 2. The lowest BCUT2D eigenvalue weighted by Crippen LogP contribution is -2.37. The molecule has 39 heavy (non-hydrogen) atoms. The zero-order valence-corrected chi connectivity index (χ0v) is 22.4. The Hall–Kier alpha value is -3.80. The van der Waals surface area contributed by atoms with Crippen LogP contribution in [0.15, 0.2) is 60.0 Å². The summed E-state index contributed by atoms with van der Waals surface area (Å²) in [6, 6.07) is 9.88. The van der Waals surface area contributed by atoms with Gasteiger partial charge in [0.05, 0.1) is 46.2 Å². The monoisotopic (exact) mass is 546 g/mol. The van der Waals surface area contributed by atoms with E-state index in [1.165, 1.54) is 23.8 Å². The van der Waals surface area contributed by atoms with Crippen molar-refractivity contribution >= 4 is 40.1 Å². The van der Waals surface area contributed by atoms with E-state index in [1.807, 2.05) is 15.5 Å². The van der Waals surface area contributed by atoms with Crippen LogP contribution in [0.5, 0.6) is 0 Å². The van der Waals surface area contributed by atoms with Crippen LogP contribution in [0.1, 0.15) is 28.1 Å². The number of hydrogen-bond donors (Lipinski definition) is 1. The summed E-state index contributed by atoms with van der Waals surface area (Å²) in [7, 11) is 0. The standard InChI is InChI=1S/C28H30N6O4S/c1-2-26(35)33-9-3-4-20(33)17-34-22-6-5-19(16-32-10-12-37-13-11-32)14-21(22)30-28(34)31-27(36)25-8-7-24(39-25)23-15-29-18-38-23/h2,5-8,14-15,18,20H,1,3-4,9-13,16-17H2,(H,30,31,36)/t20-/m1/s1. The molecule has 202 valence electrons. The van der Waals surface area contributed by atoms with Gasteiger partial charge in [-0.15, -0.1) is 11.3 Å². The minimum absolute atomic E-state index is 0.00336. The second-order valence-corrected chi connectivity index (χ2v) is 10.9. The van der Waals surface area contributed by atoms with E-state index in [4.69, 9.17) is 14.1 Å². The molecule has 1 N–H and O–H groups in total. The number of nitrogens with zero attached hydrogens (tertiary/aromatic N) is 5. The maximum absolute atomic E-state index is 13.3. The molecule has 10 nitrogen and oxygen atoms in total. The highest BCUT2D eigenvalue weighted by Gasteiger charge is 2.29. The lowest BCUT2D eigenvalue weighted by atomic mass is 10.1. The van der Waals surface area contributed by atoms with Crippen LogP contribution in [-0.4, -0.2) is 75.0 Å². The number of hydrogen-bond acceptors (Lipinski definition) is 8. The third-order valence-electron chi connectivity index (χ3n) is 7.28. The first-order valence-corrected chi connectivity index (χ1v) is 13.9. The number of oxazole rings is 1. The van der Waals surface area contributed by atoms with Crippen LogP contribution >= 0.6 is 11.3 Å². The molecule has 2 amide bonds. The highest BCUT2D eigenvalue weighted by atomic mass is 32.1. The number of likely N-dealkylation sites (tertiary alicyclic amines) is 1. The van der Waals surface area contributed by atoms with Gasteiger partial charge in [0, 0.05) is 32.7 Å². The van der Waals surface area contributed by atoms with Crippen LogP contribution in [0.2, 0.25) is 0 Å². The quantitative estimate of drug-likeness (QED) is 0.333. The summed E-state index contributed by atoms with van der Waals surface area (Å²) in [5, 5.41) is 3.03. The summed E-state index contributed by atoms with van der Waals surface area (Å²) >= 11 is 1.33. The summed E-state index contributed by atoms with van der Waals surface area (Å²) in [5.41, 5.74) is 2.89. The first-order chi connectivity index (χ1) is 19.1. The number of benzene rings is 1. The minimum Gasteiger partial charge on any atom is -0.443 e. The molecule has 2 fully saturated rings. The zero-order valence-electron chi connectivity index (χ0n) is 21.5. The Morgan fingerprint density at radius 3 is 2.85 bits per heavy atom. The third-order valence-corrected chi connectivity index (χ3v) is 8.38. The fourth-order valence-electron chi connectivity index (χ4n) is 5.31. The van der Waals surface area contributed by atoms with Crippen molar-refractivity contribution in [3.8, 4) is 10.6 Å². The average molecular weight is 547 g/mol. The van der Waals surface area contributed by atoms with Crippen molar-refractivity contribution in [1.82, 2.24) is 24.3 Å². The van der Waals surface area contributed by atoms with Crippen molar-refractivity contribution < 1.29 is 18.7 Å². The molecule has 0 radical (unpaired) electrons. The van der Waals surface area contributed by atoms with E-state index in [-0.39, 0.29) is 17.9 Å². The van der Waals surface area contributed by atoms with E-state index in [2.05, 4.69) is 40.0 Å². The molecule has 0 spiro atoms. The van der Waals surface area contributed by atoms with Gasteiger partial charge in [0.1, 0.15) is 0 Å². The average Bonchev–Trinajstić information content (AvgIpc) is 3.76. The maximum atomic E-state index is 13.3. The van der Waals surface area contributed by atoms with Crippen molar-refractivity contribution in [2.45, 2.75) is 32.0 Å². The number of nitrogens with one attached hydrogen (secondary N) is 1. The number of ether oxygens (including phenoxy) is 1. The smallest absolute Gasteiger partial charge is 0.268 e. The van der Waals surface area contributed by atoms with Crippen molar-refractivity contribution in [3.63, 3.8) is 0 Å². The molecule has 2 saturated heterocycles. The zero-order chi connectivity index (χ0) is 26.8. The Kier molecular flexibility index (Phi) is 7.27. The van der Waals surface area contributed by atoms with E-state index in [0.717, 1.165) is 67.2 Å². The molecule has 2 aliphatic rings. The lowest BCUT2D eigenvalue weighted by Gasteiger charge is -2.26. The van der Waals surface area contributed by atoms with Gasteiger partial charge in [-0.05, 0) is 48.7 Å². The van der Waals surface area contributed by atoms with Crippen molar-refractivity contribution in [1.29, 1.82) is 0 Å². The SMILES string of the molecule is C=CC(=O)N1CCC[C@@H]1Cn1c(NC(=O)c2ccc(-c3cnco3)s2)nc2cc(CN3CCOCC3)ccc21. The number of thiophene rings is 1. The largest absolute Gasteiger partial charge is 0.443 e. The van der Waals surface area contributed by atoms with Crippen LogP contribution in [0.4, 0.5) is 5.95 Å². The first kappa shape index (κ1) is 25.5. The van der Waals surface area contributed by atoms with Gasteiger partial charge in [0.2, 0.25) is 11.9 Å². The molecule has 6 rings (SSSR count). The van der Waals surface area contributed by atoms with Crippen molar-refractivity contribution in [2.24, 2.45) is 0 Å². The molecular weight excluding hydrogens is 516 g/mol. The van der Waals surface area contributed by atoms with Crippen LogP contribution in [0.3, 0.4) is 0 Å². The Morgan fingerprint density at radius 2 is 2.05 bits per heavy atom. The van der Waals surface area contributed by atoms with Gasteiger partial charge >= 0.3 is 0 Å². The fraction of sp³-hybridized carbons (Fsp3) is 0.357. The van der Waals surface area contributed by atoms with Crippen molar-refractivity contribution in [2.75, 3.05) is 38.2 Å². The highest BCUT2D eigenvalue weighted by molar-refractivity contribution is 7.17. The Bertz CT molecular complexity index is 1490. The van der Waals surface area contributed by atoms with Crippen molar-refractivity contribution in [3.05, 3.63) is 66.0 Å². The summed E-state index contributed by atoms with van der Waals surface area (Å²) in [5.74, 6) is 0.762. The molecule has 3 aromatic heterocycles. The normalized spacial score (nSPS) is 18.1. The molecule has 1 atom stereocenters. The minimum atomic E-state index is -0.249. The second kappa shape index (κ2) is 11.1. The predicted octanol–water partition coefficient (Wildman–Crippen LogP) is 4.01. The van der Waals surface area contributed by atoms with E-state index in [1.54, 1.807) is 12.3 Å². The summed E-state index contributed by atoms with van der Waals surface area (Å²) in [6.07, 6.45) is 6.18. The van der Waals surface area contributed by atoms with Gasteiger partial charge in [-0.2, -0.15) is 0 Å². The van der Waals surface area contributed by atoms with Gasteiger partial charge in [-0.1, -0.05) is 12.6 Å². The third kappa shape index (κ3) is 5.38. The number of imidazole rings is 1. The van der Waals surface area contributed by atoms with Gasteiger partial charge in [0.25, 0.3) is 5.91 Å². The summed E-state index contributed by atoms with van der Waals surface area (Å²) < 4.78 is 12.9.